The number of carbonyl (C=O) groups excluding carboxylic acids is 4. The van der Waals surface area contributed by atoms with Gasteiger partial charge >= 0.3 is 17.9 Å². The molecule has 1 saturated heterocycles. The van der Waals surface area contributed by atoms with Crippen LogP contribution in [0.5, 0.6) is 0 Å². The average molecular weight is 539 g/mol. The van der Waals surface area contributed by atoms with E-state index in [9.17, 15) is 19.2 Å². The molecule has 8 nitrogen and oxygen atoms in total. The topological polar surface area (TPSA) is 109 Å². The summed E-state index contributed by atoms with van der Waals surface area (Å²) in [6, 6.07) is 1.82. The maximum atomic E-state index is 14.1. The first-order chi connectivity index (χ1) is 18.4. The average Bonchev–Trinajstić information content (AvgIpc) is 3.48. The lowest BCUT2D eigenvalue weighted by atomic mass is 9.52. The van der Waals surface area contributed by atoms with Crippen LogP contribution in [-0.2, 0) is 33.4 Å². The molecule has 39 heavy (non-hydrogen) atoms. The monoisotopic (exact) mass is 538 g/mol. The van der Waals surface area contributed by atoms with Gasteiger partial charge in [-0.3, -0.25) is 19.2 Å². The molecule has 2 heterocycles. The molecule has 5 rings (SSSR count). The van der Waals surface area contributed by atoms with Gasteiger partial charge in [0.1, 0.15) is 18.0 Å². The minimum atomic E-state index is -0.910. The summed E-state index contributed by atoms with van der Waals surface area (Å²) in [5.41, 5.74) is 0.438. The van der Waals surface area contributed by atoms with Crippen molar-refractivity contribution in [1.82, 2.24) is 0 Å². The van der Waals surface area contributed by atoms with Gasteiger partial charge in [-0.25, -0.2) is 0 Å². The van der Waals surface area contributed by atoms with Crippen LogP contribution < -0.4 is 0 Å². The number of fused-ring (bicyclic) bond motifs is 5. The number of furan rings is 1. The number of cyclic esters (lactones) is 1. The van der Waals surface area contributed by atoms with Crippen molar-refractivity contribution in [3.63, 3.8) is 0 Å². The molecule has 2 fully saturated rings. The van der Waals surface area contributed by atoms with E-state index in [4.69, 9.17) is 18.6 Å². The summed E-state index contributed by atoms with van der Waals surface area (Å²) in [5, 5.41) is 0. The quantitative estimate of drug-likeness (QED) is 0.368. The van der Waals surface area contributed by atoms with Crippen molar-refractivity contribution in [2.24, 2.45) is 34.0 Å². The molecule has 4 aliphatic rings. The van der Waals surface area contributed by atoms with E-state index in [1.54, 1.807) is 26.4 Å². The van der Waals surface area contributed by atoms with Gasteiger partial charge in [0.05, 0.1) is 32.0 Å². The van der Waals surface area contributed by atoms with Crippen LogP contribution in [0.2, 0.25) is 0 Å². The van der Waals surface area contributed by atoms with E-state index in [0.717, 1.165) is 16.7 Å². The van der Waals surface area contributed by atoms with Crippen molar-refractivity contribution in [2.45, 2.75) is 78.9 Å². The number of hydrogen-bond donors (Lipinski definition) is 0. The summed E-state index contributed by atoms with van der Waals surface area (Å²) >= 11 is 0. The number of Topliss-reactive ketones (excluding diaryl/α,β-unsaturated/α-hetero) is 1. The molecule has 0 aromatic carbocycles. The van der Waals surface area contributed by atoms with Crippen LogP contribution in [-0.4, -0.2) is 36.9 Å². The molecule has 1 aromatic heterocycles. The fourth-order valence-electron chi connectivity index (χ4n) is 7.85. The highest BCUT2D eigenvalue weighted by atomic mass is 16.6. The first-order valence-electron chi connectivity index (χ1n) is 13.8. The van der Waals surface area contributed by atoms with Gasteiger partial charge in [-0.1, -0.05) is 40.7 Å². The van der Waals surface area contributed by atoms with Crippen LogP contribution in [0.3, 0.4) is 0 Å². The second-order valence-corrected chi connectivity index (χ2v) is 12.6. The third-order valence-corrected chi connectivity index (χ3v) is 10.2. The molecule has 1 aromatic rings. The molecule has 0 amide bonds. The van der Waals surface area contributed by atoms with E-state index >= 15 is 0 Å². The number of esters is 3. The number of carbonyl (C=O) groups is 4. The van der Waals surface area contributed by atoms with Crippen LogP contribution in [0.15, 0.2) is 46.3 Å². The zero-order valence-corrected chi connectivity index (χ0v) is 23.6. The van der Waals surface area contributed by atoms with Crippen LogP contribution in [0.25, 0.3) is 0 Å². The zero-order chi connectivity index (χ0) is 28.3. The lowest BCUT2D eigenvalue weighted by Gasteiger charge is -2.53. The van der Waals surface area contributed by atoms with Crippen LogP contribution >= 0.6 is 0 Å². The van der Waals surface area contributed by atoms with Gasteiger partial charge in [-0.2, -0.15) is 0 Å². The molecule has 0 N–H and O–H groups in total. The lowest BCUT2D eigenvalue weighted by Crippen LogP contribution is -2.50. The Morgan fingerprint density at radius 3 is 2.56 bits per heavy atom. The maximum absolute atomic E-state index is 14.1. The van der Waals surface area contributed by atoms with Gasteiger partial charge in [0.2, 0.25) is 0 Å². The Kier molecular flexibility index (Phi) is 6.67. The molecule has 0 radical (unpaired) electrons. The summed E-state index contributed by atoms with van der Waals surface area (Å²) < 4.78 is 22.3. The lowest BCUT2D eigenvalue weighted by molar-refractivity contribution is -0.162. The highest BCUT2D eigenvalue weighted by molar-refractivity contribution is 5.91. The molecule has 210 valence electrons. The minimum Gasteiger partial charge on any atom is -0.472 e. The highest BCUT2D eigenvalue weighted by Crippen LogP contribution is 2.66. The predicted molar refractivity (Wildman–Crippen MR) is 140 cm³/mol. The number of allylic oxidation sites excluding steroid dienone is 2. The first kappa shape index (κ1) is 27.4. The van der Waals surface area contributed by atoms with Crippen molar-refractivity contribution >= 4 is 23.7 Å². The Hall–Kier alpha value is -3.16. The Morgan fingerprint density at radius 1 is 1.18 bits per heavy atom. The molecule has 7 atom stereocenters. The molecule has 2 bridgehead atoms. The number of methoxy groups -OCH3 is 1. The van der Waals surface area contributed by atoms with Crippen LogP contribution in [0, 0.1) is 34.0 Å². The third kappa shape index (κ3) is 4.09. The van der Waals surface area contributed by atoms with Gasteiger partial charge in [-0.05, 0) is 48.0 Å². The largest absolute Gasteiger partial charge is 0.472 e. The fourth-order valence-corrected chi connectivity index (χ4v) is 7.85. The van der Waals surface area contributed by atoms with Crippen molar-refractivity contribution in [1.29, 1.82) is 0 Å². The van der Waals surface area contributed by atoms with Crippen molar-refractivity contribution in [3.8, 4) is 0 Å². The van der Waals surface area contributed by atoms with Crippen molar-refractivity contribution in [2.75, 3.05) is 7.11 Å². The summed E-state index contributed by atoms with van der Waals surface area (Å²) in [4.78, 5) is 52.6. The van der Waals surface area contributed by atoms with E-state index in [2.05, 4.69) is 6.92 Å². The number of ether oxygens (including phenoxy) is 3. The van der Waals surface area contributed by atoms with Crippen molar-refractivity contribution < 1.29 is 37.8 Å². The van der Waals surface area contributed by atoms with Gasteiger partial charge in [0.25, 0.3) is 0 Å². The molecule has 3 aliphatic carbocycles. The third-order valence-electron chi connectivity index (χ3n) is 10.2. The molecule has 1 aliphatic heterocycles. The van der Waals surface area contributed by atoms with E-state index in [1.165, 1.54) is 7.11 Å². The second kappa shape index (κ2) is 9.49. The molecule has 8 heteroatoms. The SMILES string of the molecule is COC(=O)C[C@H]1[C@@]2(C)CC(=O)[C@]1(C)[C@H]1CC[C@]3(C)C(=C1/C=C\[C@H]2OC(=O)C(C)C)CC(=O)O[C@H]3c1ccoc1. The standard InChI is InChI=1S/C31H38O8/c1-17(2)28(35)38-24-8-7-19-20(31(5)22(14-25(33)36-6)30(24,4)15-23(31)32)9-11-29(3)21(19)13-26(34)39-27(29)18-10-12-37-16-18/h7-8,10,12,16-17,20,22,24,27H,9,11,13-15H2,1-6H3/b8-7-/t20-,22-,24+,27-,29+,30+,31+/m0/s1. The molecule has 0 unspecified atom stereocenters. The number of hydrogen-bond acceptors (Lipinski definition) is 8. The van der Waals surface area contributed by atoms with Crippen molar-refractivity contribution in [3.05, 3.63) is 47.5 Å². The van der Waals surface area contributed by atoms with Crippen LogP contribution in [0.4, 0.5) is 0 Å². The Bertz CT molecular complexity index is 1260. The Morgan fingerprint density at radius 2 is 1.92 bits per heavy atom. The summed E-state index contributed by atoms with van der Waals surface area (Å²) in [7, 11) is 1.35. The van der Waals surface area contributed by atoms with E-state index in [0.29, 0.717) is 12.8 Å². The Labute approximate surface area is 229 Å². The summed E-state index contributed by atoms with van der Waals surface area (Å²) in [6.07, 6.45) is 7.49. The van der Waals surface area contributed by atoms with E-state index in [1.807, 2.05) is 32.1 Å². The van der Waals surface area contributed by atoms with E-state index < -0.39 is 40.3 Å². The number of rotatable bonds is 5. The molecule has 0 spiro atoms. The summed E-state index contributed by atoms with van der Waals surface area (Å²) in [5.74, 6) is -2.05. The highest BCUT2D eigenvalue weighted by Gasteiger charge is 2.66. The molecule has 1 saturated carbocycles. The van der Waals surface area contributed by atoms with Gasteiger partial charge in [0, 0.05) is 34.7 Å². The minimum absolute atomic E-state index is 0.0366. The first-order valence-corrected chi connectivity index (χ1v) is 13.8. The van der Waals surface area contributed by atoms with Crippen LogP contribution in [0.1, 0.15) is 78.4 Å². The molecular weight excluding hydrogens is 500 g/mol. The second-order valence-electron chi connectivity index (χ2n) is 12.6. The van der Waals surface area contributed by atoms with E-state index in [-0.39, 0.29) is 48.8 Å². The summed E-state index contributed by atoms with van der Waals surface area (Å²) in [6.45, 7) is 9.54. The maximum Gasteiger partial charge on any atom is 0.310 e. The zero-order valence-electron chi connectivity index (χ0n) is 23.6. The fraction of sp³-hybridized carbons (Fsp3) is 0.613. The predicted octanol–water partition coefficient (Wildman–Crippen LogP) is 5.28. The van der Waals surface area contributed by atoms with Gasteiger partial charge < -0.3 is 18.6 Å². The smallest absolute Gasteiger partial charge is 0.310 e. The normalized spacial score (nSPS) is 38.3. The van der Waals surface area contributed by atoms with Gasteiger partial charge in [-0.15, -0.1) is 0 Å². The van der Waals surface area contributed by atoms with Gasteiger partial charge in [0.15, 0.2) is 0 Å². The number of ketones is 1. The molecular formula is C31H38O8. The Balaban J connectivity index is 1.72.